The molecule has 2 saturated heterocycles. The first-order valence-electron chi connectivity index (χ1n) is 9.22. The van der Waals surface area contributed by atoms with Gasteiger partial charge >= 0.3 is 5.69 Å². The van der Waals surface area contributed by atoms with Gasteiger partial charge in [0, 0.05) is 42.5 Å². The maximum Gasteiger partial charge on any atom is 0.311 e. The smallest absolute Gasteiger partial charge is 0.311 e. The molecule has 8 heteroatoms. The summed E-state index contributed by atoms with van der Waals surface area (Å²) in [5.41, 5.74) is 8.16. The zero-order valence-corrected chi connectivity index (χ0v) is 15.6. The molecule has 0 spiro atoms. The van der Waals surface area contributed by atoms with Crippen LogP contribution in [-0.4, -0.2) is 29.0 Å². The number of nitrogens with zero attached hydrogens (tertiary/aromatic N) is 3. The van der Waals surface area contributed by atoms with Crippen LogP contribution in [-0.2, 0) is 0 Å². The molecule has 2 N–H and O–H groups in total. The topological polar surface area (TPSA) is 83.3 Å². The van der Waals surface area contributed by atoms with Crippen molar-refractivity contribution in [1.29, 1.82) is 0 Å². The minimum absolute atomic E-state index is 0.0828. The quantitative estimate of drug-likeness (QED) is 0.617. The van der Waals surface area contributed by atoms with Crippen LogP contribution in [0.3, 0.4) is 0 Å². The maximum atomic E-state index is 11.2. The molecule has 2 unspecified atom stereocenters. The van der Waals surface area contributed by atoms with Gasteiger partial charge in [-0.05, 0) is 48.9 Å². The average molecular weight is 388 g/mol. The molecule has 142 valence electrons. The van der Waals surface area contributed by atoms with Crippen molar-refractivity contribution in [3.63, 3.8) is 0 Å². The summed E-state index contributed by atoms with van der Waals surface area (Å²) in [5.74, 6) is 1.02. The first-order valence-corrected chi connectivity index (χ1v) is 9.60. The van der Waals surface area contributed by atoms with E-state index < -0.39 is 0 Å². The second-order valence-corrected chi connectivity index (χ2v) is 7.60. The van der Waals surface area contributed by atoms with E-state index in [4.69, 9.17) is 11.6 Å². The molecule has 7 nitrogen and oxygen atoms in total. The Bertz CT molecular complexity index is 808. The van der Waals surface area contributed by atoms with Gasteiger partial charge in [-0.15, -0.1) is 0 Å². The Balaban J connectivity index is 1.36. The number of pyridine rings is 1. The molecule has 2 aliphatic heterocycles. The molecule has 1 aromatic carbocycles. The molecule has 27 heavy (non-hydrogen) atoms. The highest BCUT2D eigenvalue weighted by atomic mass is 35.5. The van der Waals surface area contributed by atoms with E-state index in [1.165, 1.54) is 11.6 Å². The van der Waals surface area contributed by atoms with E-state index in [1.54, 1.807) is 12.3 Å². The van der Waals surface area contributed by atoms with E-state index in [9.17, 15) is 10.1 Å². The summed E-state index contributed by atoms with van der Waals surface area (Å²) in [5, 5.41) is 12.0. The van der Waals surface area contributed by atoms with Gasteiger partial charge in [-0.25, -0.2) is 4.98 Å². The molecule has 1 aromatic heterocycles. The normalized spacial score (nSPS) is 23.5. The first kappa shape index (κ1) is 18.2. The van der Waals surface area contributed by atoms with Crippen molar-refractivity contribution >= 4 is 23.1 Å². The minimum atomic E-state index is -0.354. The van der Waals surface area contributed by atoms with Gasteiger partial charge in [0.25, 0.3) is 0 Å². The first-order chi connectivity index (χ1) is 13.1. The predicted molar refractivity (Wildman–Crippen MR) is 105 cm³/mol. The monoisotopic (exact) mass is 387 g/mol. The lowest BCUT2D eigenvalue weighted by Gasteiger charge is -2.35. The lowest BCUT2D eigenvalue weighted by molar-refractivity contribution is -0.384. The minimum Gasteiger partial charge on any atom is -0.351 e. The number of nitrogens with one attached hydrogen (secondary N) is 2. The number of anilines is 1. The van der Waals surface area contributed by atoms with Crippen molar-refractivity contribution in [2.24, 2.45) is 5.92 Å². The van der Waals surface area contributed by atoms with E-state index in [-0.39, 0.29) is 16.7 Å². The lowest BCUT2D eigenvalue weighted by atomic mass is 9.86. The SMILES string of the molecule is O=[N+]([O-])c1cccnc1N1CCC(C2CC(c3ccc(Cl)cc3)NN2)CC1. The van der Waals surface area contributed by atoms with Gasteiger partial charge in [-0.2, -0.15) is 0 Å². The van der Waals surface area contributed by atoms with Gasteiger partial charge in [-0.3, -0.25) is 21.0 Å². The molecule has 2 aliphatic rings. The standard InChI is InChI=1S/C19H22ClN5O2/c20-15-5-3-13(4-6-15)16-12-17(23-22-16)14-7-10-24(11-8-14)19-18(25(26)27)2-1-9-21-19/h1-6,9,14,16-17,22-23H,7-8,10-12H2. The summed E-state index contributed by atoms with van der Waals surface area (Å²) < 4.78 is 0. The van der Waals surface area contributed by atoms with Crippen molar-refractivity contribution in [3.8, 4) is 0 Å². The van der Waals surface area contributed by atoms with Crippen LogP contribution in [0.15, 0.2) is 42.6 Å². The van der Waals surface area contributed by atoms with Crippen LogP contribution < -0.4 is 15.8 Å². The highest BCUT2D eigenvalue weighted by molar-refractivity contribution is 6.30. The van der Waals surface area contributed by atoms with Crippen molar-refractivity contribution in [2.45, 2.75) is 31.3 Å². The number of hydrogen-bond acceptors (Lipinski definition) is 6. The summed E-state index contributed by atoms with van der Waals surface area (Å²) in [6, 6.07) is 11.8. The van der Waals surface area contributed by atoms with Crippen LogP contribution >= 0.6 is 11.6 Å². The van der Waals surface area contributed by atoms with Gasteiger partial charge in [0.1, 0.15) is 0 Å². The molecule has 4 rings (SSSR count). The van der Waals surface area contributed by atoms with E-state index >= 15 is 0 Å². The van der Waals surface area contributed by atoms with Gasteiger partial charge < -0.3 is 4.90 Å². The summed E-state index contributed by atoms with van der Waals surface area (Å²) in [6.45, 7) is 1.57. The molecule has 0 aliphatic carbocycles. The zero-order valence-electron chi connectivity index (χ0n) is 14.8. The molecule has 0 amide bonds. The van der Waals surface area contributed by atoms with Gasteiger partial charge in [0.05, 0.1) is 4.92 Å². The van der Waals surface area contributed by atoms with E-state index in [1.807, 2.05) is 17.0 Å². The van der Waals surface area contributed by atoms with Crippen LogP contribution in [0.1, 0.15) is 30.9 Å². The van der Waals surface area contributed by atoms with Gasteiger partial charge in [0.15, 0.2) is 0 Å². The second kappa shape index (κ2) is 7.80. The molecule has 2 fully saturated rings. The summed E-state index contributed by atoms with van der Waals surface area (Å²) >= 11 is 5.98. The van der Waals surface area contributed by atoms with Crippen LogP contribution in [0, 0.1) is 16.0 Å². The maximum absolute atomic E-state index is 11.2. The van der Waals surface area contributed by atoms with Crippen LogP contribution in [0.2, 0.25) is 5.02 Å². The molecule has 2 aromatic rings. The molecular weight excluding hydrogens is 366 g/mol. The number of aromatic nitrogens is 1. The fourth-order valence-corrected chi connectivity index (χ4v) is 4.22. The highest BCUT2D eigenvalue weighted by Gasteiger charge is 2.34. The third-order valence-electron chi connectivity index (χ3n) is 5.58. The van der Waals surface area contributed by atoms with Crippen LogP contribution in [0.25, 0.3) is 0 Å². The van der Waals surface area contributed by atoms with Crippen LogP contribution in [0.4, 0.5) is 11.5 Å². The molecule has 2 atom stereocenters. The second-order valence-electron chi connectivity index (χ2n) is 7.16. The summed E-state index contributed by atoms with van der Waals surface area (Å²) in [4.78, 5) is 17.2. The Morgan fingerprint density at radius 3 is 2.59 bits per heavy atom. The number of hydrogen-bond donors (Lipinski definition) is 2. The summed E-state index contributed by atoms with van der Waals surface area (Å²) in [6.07, 6.45) is 4.62. The third kappa shape index (κ3) is 3.90. The molecular formula is C19H22ClN5O2. The number of nitro groups is 1. The van der Waals surface area contributed by atoms with Crippen molar-refractivity contribution in [2.75, 3.05) is 18.0 Å². The molecule has 0 radical (unpaired) electrons. The number of rotatable bonds is 4. The summed E-state index contributed by atoms with van der Waals surface area (Å²) in [7, 11) is 0. The number of piperidine rings is 1. The van der Waals surface area contributed by atoms with Crippen molar-refractivity contribution in [3.05, 3.63) is 63.3 Å². The number of benzene rings is 1. The predicted octanol–water partition coefficient (Wildman–Crippen LogP) is 3.47. The van der Waals surface area contributed by atoms with Crippen LogP contribution in [0.5, 0.6) is 0 Å². The van der Waals surface area contributed by atoms with Gasteiger partial charge in [-0.1, -0.05) is 23.7 Å². The molecule has 0 bridgehead atoms. The van der Waals surface area contributed by atoms with E-state index in [2.05, 4.69) is 28.0 Å². The Hall–Kier alpha value is -2.22. The number of hydrazine groups is 1. The fourth-order valence-electron chi connectivity index (χ4n) is 4.09. The largest absolute Gasteiger partial charge is 0.351 e. The Morgan fingerprint density at radius 2 is 1.89 bits per heavy atom. The van der Waals surface area contributed by atoms with Crippen molar-refractivity contribution in [1.82, 2.24) is 15.8 Å². The number of halogens is 1. The van der Waals surface area contributed by atoms with E-state index in [0.29, 0.717) is 17.8 Å². The average Bonchev–Trinajstić information content (AvgIpc) is 3.19. The van der Waals surface area contributed by atoms with Gasteiger partial charge in [0.2, 0.25) is 5.82 Å². The Kier molecular flexibility index (Phi) is 5.24. The highest BCUT2D eigenvalue weighted by Crippen LogP contribution is 2.33. The Morgan fingerprint density at radius 1 is 1.15 bits per heavy atom. The fraction of sp³-hybridized carbons (Fsp3) is 0.421. The molecule has 0 saturated carbocycles. The Labute approximate surface area is 162 Å². The third-order valence-corrected chi connectivity index (χ3v) is 5.83. The lowest BCUT2D eigenvalue weighted by Crippen LogP contribution is -2.43. The van der Waals surface area contributed by atoms with Crippen molar-refractivity contribution < 1.29 is 4.92 Å². The van der Waals surface area contributed by atoms with E-state index in [0.717, 1.165) is 37.4 Å². The molecule has 3 heterocycles. The zero-order chi connectivity index (χ0) is 18.8.